The third-order valence-electron chi connectivity index (χ3n) is 3.67. The van der Waals surface area contributed by atoms with Gasteiger partial charge in [-0.05, 0) is 25.3 Å². The Labute approximate surface area is 98.4 Å². The van der Waals surface area contributed by atoms with Crippen LogP contribution in [0, 0.1) is 0 Å². The van der Waals surface area contributed by atoms with Crippen molar-refractivity contribution < 1.29 is 0 Å². The second-order valence-electron chi connectivity index (χ2n) is 4.83. The van der Waals surface area contributed by atoms with Crippen molar-refractivity contribution in [3.63, 3.8) is 0 Å². The topological polar surface area (TPSA) is 29.3 Å². The zero-order valence-corrected chi connectivity index (χ0v) is 10.1. The van der Waals surface area contributed by atoms with Crippen LogP contribution in [0.4, 0.5) is 0 Å². The van der Waals surface area contributed by atoms with Gasteiger partial charge < -0.3 is 5.73 Å². The summed E-state index contributed by atoms with van der Waals surface area (Å²) < 4.78 is 0. The first-order valence-corrected chi connectivity index (χ1v) is 6.31. The quantitative estimate of drug-likeness (QED) is 0.844. The standard InChI is InChI=1S/C14H22N2/c1-12-6-5-9-14(10-15)16(12)11-13-7-3-2-4-8-13/h2-4,7-8,12,14H,5-6,9-11,15H2,1H3. The molecule has 16 heavy (non-hydrogen) atoms. The van der Waals surface area contributed by atoms with E-state index in [4.69, 9.17) is 5.73 Å². The van der Waals surface area contributed by atoms with Gasteiger partial charge in [0.15, 0.2) is 0 Å². The Morgan fingerprint density at radius 2 is 2.00 bits per heavy atom. The van der Waals surface area contributed by atoms with Crippen molar-refractivity contribution in [3.05, 3.63) is 35.9 Å². The van der Waals surface area contributed by atoms with E-state index < -0.39 is 0 Å². The van der Waals surface area contributed by atoms with Gasteiger partial charge in [0, 0.05) is 25.2 Å². The summed E-state index contributed by atoms with van der Waals surface area (Å²) in [5, 5.41) is 0. The molecule has 0 bridgehead atoms. The van der Waals surface area contributed by atoms with Crippen LogP contribution in [-0.2, 0) is 6.54 Å². The Hall–Kier alpha value is -0.860. The monoisotopic (exact) mass is 218 g/mol. The second-order valence-corrected chi connectivity index (χ2v) is 4.83. The first kappa shape index (κ1) is 11.6. The van der Waals surface area contributed by atoms with Crippen LogP contribution < -0.4 is 5.73 Å². The van der Waals surface area contributed by atoms with E-state index in [-0.39, 0.29) is 0 Å². The maximum absolute atomic E-state index is 5.87. The summed E-state index contributed by atoms with van der Waals surface area (Å²) in [5.74, 6) is 0. The summed E-state index contributed by atoms with van der Waals surface area (Å²) in [4.78, 5) is 2.57. The third kappa shape index (κ3) is 2.63. The molecule has 2 N–H and O–H groups in total. The molecule has 1 saturated heterocycles. The number of likely N-dealkylation sites (tertiary alicyclic amines) is 1. The van der Waals surface area contributed by atoms with Gasteiger partial charge in [-0.3, -0.25) is 4.90 Å². The summed E-state index contributed by atoms with van der Waals surface area (Å²) in [6, 6.07) is 11.9. The highest BCUT2D eigenvalue weighted by molar-refractivity contribution is 5.15. The molecule has 0 aliphatic carbocycles. The SMILES string of the molecule is CC1CCCC(CN)N1Cc1ccccc1. The summed E-state index contributed by atoms with van der Waals surface area (Å²) in [6.45, 7) is 4.16. The minimum Gasteiger partial charge on any atom is -0.329 e. The molecule has 0 spiro atoms. The number of hydrogen-bond acceptors (Lipinski definition) is 2. The van der Waals surface area contributed by atoms with Gasteiger partial charge in [-0.15, -0.1) is 0 Å². The maximum Gasteiger partial charge on any atom is 0.0240 e. The Morgan fingerprint density at radius 1 is 1.25 bits per heavy atom. The van der Waals surface area contributed by atoms with Gasteiger partial charge in [-0.1, -0.05) is 36.8 Å². The average molecular weight is 218 g/mol. The fourth-order valence-corrected chi connectivity index (χ4v) is 2.67. The van der Waals surface area contributed by atoms with Gasteiger partial charge >= 0.3 is 0 Å². The molecule has 2 heteroatoms. The fourth-order valence-electron chi connectivity index (χ4n) is 2.67. The minimum absolute atomic E-state index is 0.573. The van der Waals surface area contributed by atoms with Crippen molar-refractivity contribution in [3.8, 4) is 0 Å². The van der Waals surface area contributed by atoms with Gasteiger partial charge in [0.25, 0.3) is 0 Å². The Bertz CT molecular complexity index is 310. The predicted octanol–water partition coefficient (Wildman–Crippen LogP) is 2.39. The number of hydrogen-bond donors (Lipinski definition) is 1. The van der Waals surface area contributed by atoms with Crippen LogP contribution in [0.15, 0.2) is 30.3 Å². The maximum atomic E-state index is 5.87. The van der Waals surface area contributed by atoms with Gasteiger partial charge in [0.05, 0.1) is 0 Å². The third-order valence-corrected chi connectivity index (χ3v) is 3.67. The largest absolute Gasteiger partial charge is 0.329 e. The van der Waals surface area contributed by atoms with Crippen molar-refractivity contribution in [2.75, 3.05) is 6.54 Å². The Kier molecular flexibility index (Phi) is 3.97. The highest BCUT2D eigenvalue weighted by Gasteiger charge is 2.26. The molecular weight excluding hydrogens is 196 g/mol. The van der Waals surface area contributed by atoms with E-state index in [0.717, 1.165) is 13.1 Å². The predicted molar refractivity (Wildman–Crippen MR) is 68.1 cm³/mol. The number of piperidine rings is 1. The van der Waals surface area contributed by atoms with E-state index in [1.54, 1.807) is 0 Å². The molecule has 0 radical (unpaired) electrons. The lowest BCUT2D eigenvalue weighted by Crippen LogP contribution is -2.48. The Balaban J connectivity index is 2.05. The van der Waals surface area contributed by atoms with Gasteiger partial charge in [-0.2, -0.15) is 0 Å². The van der Waals surface area contributed by atoms with Gasteiger partial charge in [0.2, 0.25) is 0 Å². The van der Waals surface area contributed by atoms with E-state index in [0.29, 0.717) is 12.1 Å². The van der Waals surface area contributed by atoms with Crippen molar-refractivity contribution in [1.29, 1.82) is 0 Å². The Morgan fingerprint density at radius 3 is 2.69 bits per heavy atom. The van der Waals surface area contributed by atoms with Crippen LogP contribution in [0.2, 0.25) is 0 Å². The molecule has 2 rings (SSSR count). The molecule has 1 aromatic carbocycles. The zero-order chi connectivity index (χ0) is 11.4. The van der Waals surface area contributed by atoms with Crippen LogP contribution in [-0.4, -0.2) is 23.5 Å². The first-order valence-electron chi connectivity index (χ1n) is 6.31. The normalized spacial score (nSPS) is 26.9. The summed E-state index contributed by atoms with van der Waals surface area (Å²) in [6.07, 6.45) is 3.89. The molecule has 0 aromatic heterocycles. The molecule has 1 aromatic rings. The molecule has 0 amide bonds. The highest BCUT2D eigenvalue weighted by atomic mass is 15.2. The summed E-state index contributed by atoms with van der Waals surface area (Å²) >= 11 is 0. The summed E-state index contributed by atoms with van der Waals surface area (Å²) in [5.41, 5.74) is 7.27. The molecule has 1 aliphatic rings. The van der Waals surface area contributed by atoms with E-state index in [1.165, 1.54) is 24.8 Å². The van der Waals surface area contributed by atoms with Crippen molar-refractivity contribution >= 4 is 0 Å². The van der Waals surface area contributed by atoms with Crippen LogP contribution in [0.3, 0.4) is 0 Å². The van der Waals surface area contributed by atoms with E-state index in [2.05, 4.69) is 42.2 Å². The lowest BCUT2D eigenvalue weighted by atomic mass is 9.95. The number of rotatable bonds is 3. The van der Waals surface area contributed by atoms with Crippen LogP contribution >= 0.6 is 0 Å². The highest BCUT2D eigenvalue weighted by Crippen LogP contribution is 2.24. The van der Waals surface area contributed by atoms with Crippen molar-refractivity contribution in [2.45, 2.75) is 44.8 Å². The van der Waals surface area contributed by atoms with Gasteiger partial charge in [0.1, 0.15) is 0 Å². The number of nitrogens with two attached hydrogens (primary N) is 1. The zero-order valence-electron chi connectivity index (χ0n) is 10.1. The molecule has 2 unspecified atom stereocenters. The minimum atomic E-state index is 0.573. The molecule has 0 saturated carbocycles. The number of benzene rings is 1. The van der Waals surface area contributed by atoms with Crippen LogP contribution in [0.25, 0.3) is 0 Å². The van der Waals surface area contributed by atoms with Gasteiger partial charge in [-0.25, -0.2) is 0 Å². The molecular formula is C14H22N2. The fraction of sp³-hybridized carbons (Fsp3) is 0.571. The number of nitrogens with zero attached hydrogens (tertiary/aromatic N) is 1. The van der Waals surface area contributed by atoms with Crippen molar-refractivity contribution in [1.82, 2.24) is 4.90 Å². The lowest BCUT2D eigenvalue weighted by molar-refractivity contribution is 0.0892. The van der Waals surface area contributed by atoms with E-state index >= 15 is 0 Å². The smallest absolute Gasteiger partial charge is 0.0240 e. The van der Waals surface area contributed by atoms with Crippen LogP contribution in [0.5, 0.6) is 0 Å². The first-order chi connectivity index (χ1) is 7.81. The molecule has 2 atom stereocenters. The molecule has 1 fully saturated rings. The molecule has 88 valence electrons. The van der Waals surface area contributed by atoms with E-state index in [1.807, 2.05) is 0 Å². The molecule has 2 nitrogen and oxygen atoms in total. The van der Waals surface area contributed by atoms with Crippen LogP contribution in [0.1, 0.15) is 31.7 Å². The summed E-state index contributed by atoms with van der Waals surface area (Å²) in [7, 11) is 0. The average Bonchev–Trinajstić information content (AvgIpc) is 2.33. The lowest BCUT2D eigenvalue weighted by Gasteiger charge is -2.40. The molecule has 1 aliphatic heterocycles. The second kappa shape index (κ2) is 5.46. The van der Waals surface area contributed by atoms with Crippen molar-refractivity contribution in [2.24, 2.45) is 5.73 Å². The molecule has 1 heterocycles. The van der Waals surface area contributed by atoms with E-state index in [9.17, 15) is 0 Å².